The highest BCUT2D eigenvalue weighted by molar-refractivity contribution is 4.81. The standard InChI is InChI=1S/C9H18O2/c1-7-2-3-8(4-5-10)9(7)6-11/h7-11H,2-6H2,1H3/t7?,8-,9-/m1/s1. The fourth-order valence-corrected chi connectivity index (χ4v) is 2.22. The highest BCUT2D eigenvalue weighted by Crippen LogP contribution is 2.37. The van der Waals surface area contributed by atoms with Gasteiger partial charge in [-0.25, -0.2) is 0 Å². The molecule has 1 aliphatic rings. The maximum atomic E-state index is 9.05. The smallest absolute Gasteiger partial charge is 0.0464 e. The average molecular weight is 158 g/mol. The lowest BCUT2D eigenvalue weighted by molar-refractivity contribution is 0.146. The Balaban J connectivity index is 2.40. The maximum Gasteiger partial charge on any atom is 0.0464 e. The number of aliphatic hydroxyl groups excluding tert-OH is 2. The van der Waals surface area contributed by atoms with Crippen LogP contribution < -0.4 is 0 Å². The van der Waals surface area contributed by atoms with Crippen molar-refractivity contribution in [3.05, 3.63) is 0 Å². The van der Waals surface area contributed by atoms with Crippen molar-refractivity contribution in [3.8, 4) is 0 Å². The summed E-state index contributed by atoms with van der Waals surface area (Å²) in [6.45, 7) is 2.76. The second kappa shape index (κ2) is 4.07. The summed E-state index contributed by atoms with van der Waals surface area (Å²) in [4.78, 5) is 0. The van der Waals surface area contributed by atoms with Crippen LogP contribution in [-0.2, 0) is 0 Å². The van der Waals surface area contributed by atoms with Gasteiger partial charge in [-0.15, -0.1) is 0 Å². The van der Waals surface area contributed by atoms with Gasteiger partial charge >= 0.3 is 0 Å². The Morgan fingerprint density at radius 3 is 2.55 bits per heavy atom. The summed E-state index contributed by atoms with van der Waals surface area (Å²) in [7, 11) is 0. The lowest BCUT2D eigenvalue weighted by Gasteiger charge is -2.19. The molecule has 1 fully saturated rings. The highest BCUT2D eigenvalue weighted by Gasteiger charge is 2.31. The predicted octanol–water partition coefficient (Wildman–Crippen LogP) is 1.02. The van der Waals surface area contributed by atoms with Crippen molar-refractivity contribution in [1.29, 1.82) is 0 Å². The summed E-state index contributed by atoms with van der Waals surface area (Å²) in [5.74, 6) is 1.67. The summed E-state index contributed by atoms with van der Waals surface area (Å²) >= 11 is 0. The van der Waals surface area contributed by atoms with E-state index in [2.05, 4.69) is 6.92 Å². The summed E-state index contributed by atoms with van der Waals surface area (Å²) in [6.07, 6.45) is 3.28. The van der Waals surface area contributed by atoms with Gasteiger partial charge in [0.15, 0.2) is 0 Å². The van der Waals surface area contributed by atoms with Gasteiger partial charge in [0.05, 0.1) is 0 Å². The summed E-state index contributed by atoms with van der Waals surface area (Å²) in [5, 5.41) is 17.8. The zero-order valence-electron chi connectivity index (χ0n) is 7.16. The van der Waals surface area contributed by atoms with E-state index in [-0.39, 0.29) is 6.61 Å². The Kier molecular flexibility index (Phi) is 3.34. The lowest BCUT2D eigenvalue weighted by Crippen LogP contribution is -2.18. The number of hydrogen-bond donors (Lipinski definition) is 2. The Bertz CT molecular complexity index is 112. The third kappa shape index (κ3) is 1.94. The minimum absolute atomic E-state index is 0.272. The molecule has 1 rings (SSSR count). The molecule has 2 nitrogen and oxygen atoms in total. The van der Waals surface area contributed by atoms with Crippen LogP contribution in [0.1, 0.15) is 26.2 Å². The molecule has 1 aliphatic carbocycles. The second-order valence-corrected chi connectivity index (χ2v) is 3.67. The van der Waals surface area contributed by atoms with E-state index in [0.717, 1.165) is 6.42 Å². The van der Waals surface area contributed by atoms with Crippen LogP contribution in [0.3, 0.4) is 0 Å². The van der Waals surface area contributed by atoms with Crippen molar-refractivity contribution in [2.24, 2.45) is 17.8 Å². The Morgan fingerprint density at radius 2 is 2.00 bits per heavy atom. The van der Waals surface area contributed by atoms with Crippen LogP contribution in [0.4, 0.5) is 0 Å². The van der Waals surface area contributed by atoms with Crippen LogP contribution in [0.5, 0.6) is 0 Å². The highest BCUT2D eigenvalue weighted by atomic mass is 16.3. The minimum atomic E-state index is 0.272. The molecule has 2 N–H and O–H groups in total. The van der Waals surface area contributed by atoms with Crippen molar-refractivity contribution in [2.75, 3.05) is 13.2 Å². The molecule has 0 heterocycles. The van der Waals surface area contributed by atoms with E-state index in [4.69, 9.17) is 10.2 Å². The third-order valence-electron chi connectivity index (χ3n) is 3.04. The average Bonchev–Trinajstić information content (AvgIpc) is 2.33. The molecule has 0 bridgehead atoms. The van der Waals surface area contributed by atoms with Gasteiger partial charge in [0.25, 0.3) is 0 Å². The Morgan fingerprint density at radius 1 is 1.27 bits per heavy atom. The Labute approximate surface area is 68.2 Å². The maximum absolute atomic E-state index is 9.05. The molecule has 0 aromatic rings. The van der Waals surface area contributed by atoms with Crippen LogP contribution in [0.2, 0.25) is 0 Å². The lowest BCUT2D eigenvalue weighted by atomic mass is 9.89. The first-order chi connectivity index (χ1) is 5.29. The summed E-state index contributed by atoms with van der Waals surface area (Å²) in [5.41, 5.74) is 0. The molecule has 0 aromatic carbocycles. The zero-order valence-corrected chi connectivity index (χ0v) is 7.16. The van der Waals surface area contributed by atoms with Crippen LogP contribution in [0.25, 0.3) is 0 Å². The van der Waals surface area contributed by atoms with E-state index in [9.17, 15) is 0 Å². The number of aliphatic hydroxyl groups is 2. The SMILES string of the molecule is CC1CC[C@H](CCO)[C@@H]1CO. The molecule has 0 aromatic heterocycles. The topological polar surface area (TPSA) is 40.5 Å². The Hall–Kier alpha value is -0.0800. The number of hydrogen-bond acceptors (Lipinski definition) is 2. The van der Waals surface area contributed by atoms with E-state index < -0.39 is 0 Å². The van der Waals surface area contributed by atoms with E-state index in [0.29, 0.717) is 24.4 Å². The minimum Gasteiger partial charge on any atom is -0.396 e. The zero-order chi connectivity index (χ0) is 8.27. The van der Waals surface area contributed by atoms with Crippen molar-refractivity contribution in [1.82, 2.24) is 0 Å². The summed E-state index contributed by atoms with van der Waals surface area (Å²) in [6, 6.07) is 0. The van der Waals surface area contributed by atoms with Gasteiger partial charge < -0.3 is 10.2 Å². The molecule has 0 spiro atoms. The van der Waals surface area contributed by atoms with Crippen molar-refractivity contribution >= 4 is 0 Å². The molecule has 1 saturated carbocycles. The molecule has 11 heavy (non-hydrogen) atoms. The van der Waals surface area contributed by atoms with Crippen LogP contribution in [-0.4, -0.2) is 23.4 Å². The molecule has 1 unspecified atom stereocenters. The van der Waals surface area contributed by atoms with Crippen molar-refractivity contribution < 1.29 is 10.2 Å². The largest absolute Gasteiger partial charge is 0.396 e. The van der Waals surface area contributed by atoms with Crippen LogP contribution in [0, 0.1) is 17.8 Å². The molecule has 0 radical (unpaired) electrons. The van der Waals surface area contributed by atoms with Gasteiger partial charge in [-0.05, 0) is 30.6 Å². The van der Waals surface area contributed by atoms with E-state index in [1.807, 2.05) is 0 Å². The molecule has 66 valence electrons. The van der Waals surface area contributed by atoms with E-state index in [1.165, 1.54) is 12.8 Å². The van der Waals surface area contributed by atoms with Crippen LogP contribution in [0.15, 0.2) is 0 Å². The van der Waals surface area contributed by atoms with Gasteiger partial charge in [0.2, 0.25) is 0 Å². The molecular formula is C9H18O2. The van der Waals surface area contributed by atoms with E-state index >= 15 is 0 Å². The van der Waals surface area contributed by atoms with E-state index in [1.54, 1.807) is 0 Å². The third-order valence-corrected chi connectivity index (χ3v) is 3.04. The molecule has 0 saturated heterocycles. The van der Waals surface area contributed by atoms with Crippen molar-refractivity contribution in [3.63, 3.8) is 0 Å². The van der Waals surface area contributed by atoms with Crippen LogP contribution >= 0.6 is 0 Å². The van der Waals surface area contributed by atoms with Gasteiger partial charge in [0, 0.05) is 13.2 Å². The quantitative estimate of drug-likeness (QED) is 0.644. The monoisotopic (exact) mass is 158 g/mol. The fraction of sp³-hybridized carbons (Fsp3) is 1.00. The first-order valence-electron chi connectivity index (χ1n) is 4.51. The van der Waals surface area contributed by atoms with Gasteiger partial charge in [-0.1, -0.05) is 13.3 Å². The molecule has 2 heteroatoms. The first kappa shape index (κ1) is 9.01. The normalized spacial score (nSPS) is 37.9. The molecular weight excluding hydrogens is 140 g/mol. The summed E-state index contributed by atoms with van der Waals surface area (Å²) < 4.78 is 0. The van der Waals surface area contributed by atoms with Gasteiger partial charge in [-0.3, -0.25) is 0 Å². The molecule has 3 atom stereocenters. The van der Waals surface area contributed by atoms with Gasteiger partial charge in [-0.2, -0.15) is 0 Å². The fourth-order valence-electron chi connectivity index (χ4n) is 2.22. The van der Waals surface area contributed by atoms with Crippen molar-refractivity contribution in [2.45, 2.75) is 26.2 Å². The first-order valence-corrected chi connectivity index (χ1v) is 4.51. The molecule has 0 amide bonds. The number of rotatable bonds is 3. The van der Waals surface area contributed by atoms with Gasteiger partial charge in [0.1, 0.15) is 0 Å². The second-order valence-electron chi connectivity index (χ2n) is 3.67. The molecule has 0 aliphatic heterocycles. The predicted molar refractivity (Wildman–Crippen MR) is 44.2 cm³/mol.